The summed E-state index contributed by atoms with van der Waals surface area (Å²) in [6.07, 6.45) is 0. The lowest BCUT2D eigenvalue weighted by atomic mass is 9.64. The van der Waals surface area contributed by atoms with Crippen LogP contribution in [0.1, 0.15) is 22.3 Å². The fraction of sp³-hybridized carbons (Fsp3) is 0.220. The van der Waals surface area contributed by atoms with Crippen LogP contribution in [0.5, 0.6) is 11.5 Å². The molecule has 3 aliphatic rings. The second kappa shape index (κ2) is 10.8. The van der Waals surface area contributed by atoms with Crippen LogP contribution < -0.4 is 9.47 Å². The number of rotatable bonds is 8. The lowest BCUT2D eigenvalue weighted by Gasteiger charge is -2.38. The molecule has 2 aliphatic heterocycles. The first kappa shape index (κ1) is 26.7. The highest BCUT2D eigenvalue weighted by molar-refractivity contribution is 6.00. The summed E-state index contributed by atoms with van der Waals surface area (Å²) in [5, 5.41) is 4.72. The summed E-state index contributed by atoms with van der Waals surface area (Å²) in [6.45, 7) is 4.20. The first-order valence-corrected chi connectivity index (χ1v) is 16.0. The summed E-state index contributed by atoms with van der Waals surface area (Å²) in [4.78, 5) is 0. The molecule has 2 fully saturated rings. The molecule has 2 heterocycles. The Morgan fingerprint density at radius 1 is 0.489 bits per heavy atom. The minimum atomic E-state index is -0.716. The second-order valence-corrected chi connectivity index (χ2v) is 12.6. The van der Waals surface area contributed by atoms with Gasteiger partial charge in [-0.25, -0.2) is 0 Å². The predicted molar refractivity (Wildman–Crippen MR) is 178 cm³/mol. The summed E-state index contributed by atoms with van der Waals surface area (Å²) >= 11 is 0. The first-order chi connectivity index (χ1) is 22.3. The van der Waals surface area contributed by atoms with Gasteiger partial charge < -0.3 is 18.9 Å². The molecule has 0 amide bonds. The van der Waals surface area contributed by atoms with Gasteiger partial charge in [0, 0.05) is 23.0 Å². The Kier molecular flexibility index (Phi) is 6.39. The molecule has 0 N–H and O–H groups in total. The maximum absolute atomic E-state index is 6.88. The van der Waals surface area contributed by atoms with E-state index in [0.717, 1.165) is 49.1 Å². The predicted octanol–water partition coefficient (Wildman–Crippen LogP) is 8.41. The van der Waals surface area contributed by atoms with Gasteiger partial charge in [-0.15, -0.1) is 0 Å². The van der Waals surface area contributed by atoms with Crippen molar-refractivity contribution in [1.29, 1.82) is 0 Å². The van der Waals surface area contributed by atoms with Crippen LogP contribution in [-0.4, -0.2) is 39.6 Å². The Hall–Kier alpha value is -4.64. The van der Waals surface area contributed by atoms with Crippen LogP contribution in [0.2, 0.25) is 0 Å². The van der Waals surface area contributed by atoms with Crippen molar-refractivity contribution in [2.75, 3.05) is 39.6 Å². The van der Waals surface area contributed by atoms with Gasteiger partial charge in [-0.05, 0) is 55.9 Å². The Labute approximate surface area is 263 Å². The summed E-state index contributed by atoms with van der Waals surface area (Å²) in [7, 11) is 0. The van der Waals surface area contributed by atoms with E-state index in [9.17, 15) is 0 Å². The molecule has 0 spiro atoms. The molecule has 6 aromatic rings. The topological polar surface area (TPSA) is 36.9 Å². The van der Waals surface area contributed by atoms with Crippen molar-refractivity contribution in [2.45, 2.75) is 5.41 Å². The lowest BCUT2D eigenvalue weighted by molar-refractivity contribution is -0.0511. The number of benzene rings is 6. The van der Waals surface area contributed by atoms with Crippen LogP contribution in [0, 0.1) is 11.8 Å². The monoisotopic (exact) mass is 590 g/mol. The highest BCUT2D eigenvalue weighted by Crippen LogP contribution is 2.62. The van der Waals surface area contributed by atoms with E-state index < -0.39 is 5.41 Å². The first-order valence-electron chi connectivity index (χ1n) is 16.0. The highest BCUT2D eigenvalue weighted by atomic mass is 16.5. The number of hydrogen-bond acceptors (Lipinski definition) is 4. The quantitative estimate of drug-likeness (QED) is 0.178. The van der Waals surface area contributed by atoms with Crippen LogP contribution in [0.3, 0.4) is 0 Å². The van der Waals surface area contributed by atoms with Gasteiger partial charge in [0.25, 0.3) is 0 Å². The third-order valence-electron chi connectivity index (χ3n) is 9.85. The third-order valence-corrected chi connectivity index (χ3v) is 9.85. The number of fused-ring (bicyclic) bond motifs is 5. The molecule has 222 valence electrons. The van der Waals surface area contributed by atoms with Crippen LogP contribution in [-0.2, 0) is 14.9 Å². The van der Waals surface area contributed by atoms with Crippen LogP contribution in [0.4, 0.5) is 0 Å². The number of ether oxygens (including phenoxy) is 4. The summed E-state index contributed by atoms with van der Waals surface area (Å²) in [5.41, 5.74) is 6.57. The van der Waals surface area contributed by atoms with E-state index in [1.807, 2.05) is 0 Å². The number of hydrogen-bond donors (Lipinski definition) is 0. The van der Waals surface area contributed by atoms with Gasteiger partial charge in [0.1, 0.15) is 11.5 Å². The molecule has 9 rings (SSSR count). The van der Waals surface area contributed by atoms with Gasteiger partial charge in [0.05, 0.1) is 45.1 Å². The summed E-state index contributed by atoms with van der Waals surface area (Å²) in [6, 6.07) is 44.0. The molecule has 0 radical (unpaired) electrons. The Bertz CT molecular complexity index is 1910. The molecule has 0 aromatic heterocycles. The van der Waals surface area contributed by atoms with E-state index in [1.54, 1.807) is 0 Å². The maximum atomic E-state index is 6.88. The molecule has 6 aromatic carbocycles. The molecule has 1 aliphatic carbocycles. The van der Waals surface area contributed by atoms with Crippen LogP contribution in [0.25, 0.3) is 32.7 Å². The van der Waals surface area contributed by atoms with Crippen molar-refractivity contribution in [1.82, 2.24) is 0 Å². The average molecular weight is 591 g/mol. The Balaban J connectivity index is 1.43. The molecule has 0 bridgehead atoms. The molecule has 0 atom stereocenters. The fourth-order valence-corrected chi connectivity index (χ4v) is 7.59. The van der Waals surface area contributed by atoms with E-state index in [0.29, 0.717) is 25.0 Å². The van der Waals surface area contributed by atoms with E-state index >= 15 is 0 Å². The van der Waals surface area contributed by atoms with Gasteiger partial charge in [0.2, 0.25) is 0 Å². The average Bonchev–Trinajstić information content (AvgIpc) is 3.33. The van der Waals surface area contributed by atoms with Crippen molar-refractivity contribution in [3.8, 4) is 22.6 Å². The molecule has 0 saturated carbocycles. The van der Waals surface area contributed by atoms with Gasteiger partial charge in [-0.1, -0.05) is 109 Å². The Morgan fingerprint density at radius 2 is 0.911 bits per heavy atom. The zero-order valence-electron chi connectivity index (χ0n) is 25.1. The maximum Gasteiger partial charge on any atom is 0.124 e. The van der Waals surface area contributed by atoms with Crippen LogP contribution >= 0.6 is 0 Å². The van der Waals surface area contributed by atoms with Crippen LogP contribution in [0.15, 0.2) is 121 Å². The minimum Gasteiger partial charge on any atom is -0.493 e. The van der Waals surface area contributed by atoms with Crippen molar-refractivity contribution in [3.63, 3.8) is 0 Å². The van der Waals surface area contributed by atoms with Gasteiger partial charge in [-0.2, -0.15) is 0 Å². The SMILES string of the molecule is c1ccc2c(c1)-c1ccccc1C2(c1c(OCC2COC2)ccc2ccccc12)c1c(OCC2COC2)ccc2ccccc12. The molecule has 4 heteroatoms. The molecule has 2 saturated heterocycles. The van der Waals surface area contributed by atoms with E-state index in [1.165, 1.54) is 43.8 Å². The normalized spacial score (nSPS) is 17.0. The van der Waals surface area contributed by atoms with Crippen molar-refractivity contribution >= 4 is 21.5 Å². The summed E-state index contributed by atoms with van der Waals surface area (Å²) in [5.74, 6) is 2.59. The van der Waals surface area contributed by atoms with Crippen molar-refractivity contribution < 1.29 is 18.9 Å². The second-order valence-electron chi connectivity index (χ2n) is 12.6. The highest BCUT2D eigenvalue weighted by Gasteiger charge is 2.51. The fourth-order valence-electron chi connectivity index (χ4n) is 7.59. The van der Waals surface area contributed by atoms with E-state index in [4.69, 9.17) is 18.9 Å². The van der Waals surface area contributed by atoms with Gasteiger partial charge in [-0.3, -0.25) is 0 Å². The van der Waals surface area contributed by atoms with Gasteiger partial charge in [0.15, 0.2) is 0 Å². The molecule has 45 heavy (non-hydrogen) atoms. The van der Waals surface area contributed by atoms with Crippen molar-refractivity contribution in [3.05, 3.63) is 144 Å². The zero-order chi connectivity index (χ0) is 29.8. The summed E-state index contributed by atoms with van der Waals surface area (Å²) < 4.78 is 24.8. The van der Waals surface area contributed by atoms with E-state index in [-0.39, 0.29) is 0 Å². The minimum absolute atomic E-state index is 0.393. The largest absolute Gasteiger partial charge is 0.493 e. The smallest absolute Gasteiger partial charge is 0.124 e. The van der Waals surface area contributed by atoms with Crippen molar-refractivity contribution in [2.24, 2.45) is 11.8 Å². The molecular formula is C41H34O4. The van der Waals surface area contributed by atoms with Gasteiger partial charge >= 0.3 is 0 Å². The molecular weight excluding hydrogens is 556 g/mol. The van der Waals surface area contributed by atoms with E-state index in [2.05, 4.69) is 121 Å². The lowest BCUT2D eigenvalue weighted by Crippen LogP contribution is -2.35. The zero-order valence-corrected chi connectivity index (χ0v) is 25.1. The Morgan fingerprint density at radius 3 is 1.36 bits per heavy atom. The standard InChI is InChI=1S/C41H34O4/c1-3-11-31-29(9-1)17-19-37(44-25-27-21-42-22-27)39(31)41(35-15-7-5-13-33(35)34-14-6-8-16-36(34)41)40-32-12-4-2-10-30(32)18-20-38(40)45-26-28-23-43-24-28/h1-20,27-28H,21-26H2. The molecule has 4 nitrogen and oxygen atoms in total. The molecule has 0 unspecified atom stereocenters. The third kappa shape index (κ3) is 4.13.